The topological polar surface area (TPSA) is 69.7 Å². The summed E-state index contributed by atoms with van der Waals surface area (Å²) in [7, 11) is -0.321. The van der Waals surface area contributed by atoms with Crippen molar-refractivity contribution in [3.05, 3.63) is 0 Å². The van der Waals surface area contributed by atoms with Gasteiger partial charge in [0.2, 0.25) is 5.91 Å². The zero-order valence-corrected chi connectivity index (χ0v) is 16.2. The zero-order chi connectivity index (χ0) is 17.8. The predicted molar refractivity (Wildman–Crippen MR) is 95.9 cm³/mol. The number of piperidine rings is 1. The summed E-state index contributed by atoms with van der Waals surface area (Å²) >= 11 is 0. The Balaban J connectivity index is 1.37. The lowest BCUT2D eigenvalue weighted by atomic mass is 9.49. The van der Waals surface area contributed by atoms with Crippen molar-refractivity contribution in [2.24, 2.45) is 23.2 Å². The summed E-state index contributed by atoms with van der Waals surface area (Å²) in [5.41, 5.74) is -0.0786. The largest absolute Gasteiger partial charge is 0.342 e. The summed E-state index contributed by atoms with van der Waals surface area (Å²) in [5.74, 6) is 2.71. The third-order valence-corrected chi connectivity index (χ3v) is 8.66. The van der Waals surface area contributed by atoms with Crippen molar-refractivity contribution in [3.8, 4) is 0 Å². The average Bonchev–Trinajstić information content (AvgIpc) is 2.53. The highest BCUT2D eigenvalue weighted by atomic mass is 32.2. The molecule has 1 amide bonds. The molecule has 142 valence electrons. The molecule has 0 aromatic heterocycles. The van der Waals surface area contributed by atoms with Crippen LogP contribution in [0.15, 0.2) is 0 Å². The van der Waals surface area contributed by atoms with E-state index in [-0.39, 0.29) is 11.5 Å². The van der Waals surface area contributed by atoms with Crippen molar-refractivity contribution in [3.63, 3.8) is 0 Å². The summed E-state index contributed by atoms with van der Waals surface area (Å²) in [6.07, 6.45) is 8.78. The number of likely N-dealkylation sites (tertiary alicyclic amines) is 1. The second-order valence-corrected chi connectivity index (χ2v) is 11.1. The Labute approximate surface area is 151 Å². The van der Waals surface area contributed by atoms with E-state index in [4.69, 9.17) is 0 Å². The van der Waals surface area contributed by atoms with E-state index in [9.17, 15) is 13.2 Å². The number of nitrogens with zero attached hydrogens (tertiary/aromatic N) is 2. The molecule has 5 aliphatic rings. The van der Waals surface area contributed by atoms with Crippen molar-refractivity contribution in [1.29, 1.82) is 0 Å². The Morgan fingerprint density at radius 1 is 1.00 bits per heavy atom. The second kappa shape index (κ2) is 6.20. The van der Waals surface area contributed by atoms with Crippen molar-refractivity contribution in [2.45, 2.75) is 57.4 Å². The van der Waals surface area contributed by atoms with Gasteiger partial charge in [0.05, 0.1) is 5.41 Å². The lowest BCUT2D eigenvalue weighted by Gasteiger charge is -2.57. The summed E-state index contributed by atoms with van der Waals surface area (Å²) in [6.45, 7) is 1.36. The lowest BCUT2D eigenvalue weighted by molar-refractivity contribution is -0.158. The van der Waals surface area contributed by atoms with Gasteiger partial charge < -0.3 is 4.90 Å². The number of amides is 1. The fraction of sp³-hybridized carbons (Fsp3) is 0.944. The smallest absolute Gasteiger partial charge is 0.279 e. The highest BCUT2D eigenvalue weighted by molar-refractivity contribution is 7.87. The molecule has 5 fully saturated rings. The van der Waals surface area contributed by atoms with Gasteiger partial charge in [-0.1, -0.05) is 0 Å². The molecule has 0 aromatic carbocycles. The summed E-state index contributed by atoms with van der Waals surface area (Å²) in [6, 6.07) is -0.0622. The fourth-order valence-electron chi connectivity index (χ4n) is 6.22. The van der Waals surface area contributed by atoms with Crippen LogP contribution in [0, 0.1) is 23.2 Å². The monoisotopic (exact) mass is 369 g/mol. The van der Waals surface area contributed by atoms with E-state index in [1.165, 1.54) is 37.7 Å². The van der Waals surface area contributed by atoms with Gasteiger partial charge in [0.1, 0.15) is 0 Å². The summed E-state index contributed by atoms with van der Waals surface area (Å²) < 4.78 is 27.9. The Morgan fingerprint density at radius 3 is 1.92 bits per heavy atom. The Morgan fingerprint density at radius 2 is 1.48 bits per heavy atom. The minimum absolute atomic E-state index is 0.0622. The van der Waals surface area contributed by atoms with Gasteiger partial charge in [-0.2, -0.15) is 17.4 Å². The molecule has 1 heterocycles. The number of rotatable bonds is 4. The molecular weight excluding hydrogens is 338 g/mol. The van der Waals surface area contributed by atoms with E-state index in [0.29, 0.717) is 31.8 Å². The van der Waals surface area contributed by atoms with Crippen LogP contribution in [0.1, 0.15) is 51.4 Å². The Hall–Kier alpha value is -0.660. The van der Waals surface area contributed by atoms with E-state index in [1.807, 2.05) is 4.90 Å². The number of hydrogen-bond acceptors (Lipinski definition) is 3. The van der Waals surface area contributed by atoms with Gasteiger partial charge >= 0.3 is 0 Å². The molecule has 1 N–H and O–H groups in total. The molecule has 4 bridgehead atoms. The standard InChI is InChI=1S/C18H31N3O3S/c1-20(2)25(23,24)19-16-3-5-21(6-4-16)17(22)18-10-13-7-14(11-18)9-15(8-13)12-18/h13-16,19H,3-12H2,1-2H3. The third kappa shape index (κ3) is 3.23. The quantitative estimate of drug-likeness (QED) is 0.818. The normalized spacial score (nSPS) is 38.5. The van der Waals surface area contributed by atoms with E-state index in [1.54, 1.807) is 0 Å². The number of carbonyl (C=O) groups excluding carboxylic acids is 1. The van der Waals surface area contributed by atoms with Gasteiger partial charge in [-0.3, -0.25) is 4.79 Å². The van der Waals surface area contributed by atoms with Crippen LogP contribution in [0.5, 0.6) is 0 Å². The summed E-state index contributed by atoms with van der Waals surface area (Å²) in [4.78, 5) is 15.4. The number of nitrogens with one attached hydrogen (secondary N) is 1. The molecule has 4 saturated carbocycles. The molecule has 0 atom stereocenters. The van der Waals surface area contributed by atoms with Gasteiger partial charge in [-0.05, 0) is 69.1 Å². The minimum Gasteiger partial charge on any atom is -0.342 e. The highest BCUT2D eigenvalue weighted by Gasteiger charge is 2.55. The van der Waals surface area contributed by atoms with Gasteiger partial charge in [0.25, 0.3) is 10.2 Å². The minimum atomic E-state index is -3.39. The van der Waals surface area contributed by atoms with Crippen LogP contribution >= 0.6 is 0 Å². The molecule has 25 heavy (non-hydrogen) atoms. The first-order chi connectivity index (χ1) is 11.8. The molecule has 4 aliphatic carbocycles. The maximum Gasteiger partial charge on any atom is 0.279 e. The van der Waals surface area contributed by atoms with E-state index >= 15 is 0 Å². The zero-order valence-electron chi connectivity index (χ0n) is 15.4. The first kappa shape index (κ1) is 17.7. The molecule has 0 aromatic rings. The van der Waals surface area contributed by atoms with Crippen LogP contribution in [0.4, 0.5) is 0 Å². The van der Waals surface area contributed by atoms with E-state index < -0.39 is 10.2 Å². The lowest BCUT2D eigenvalue weighted by Crippen LogP contribution is -2.57. The van der Waals surface area contributed by atoms with Gasteiger partial charge in [0, 0.05) is 33.2 Å². The molecule has 5 rings (SSSR count). The molecular formula is C18H31N3O3S. The van der Waals surface area contributed by atoms with Crippen molar-refractivity contribution < 1.29 is 13.2 Å². The predicted octanol–water partition coefficient (Wildman–Crippen LogP) is 1.59. The van der Waals surface area contributed by atoms with Gasteiger partial charge in [0.15, 0.2) is 0 Å². The van der Waals surface area contributed by atoms with E-state index in [0.717, 1.165) is 37.0 Å². The molecule has 0 spiro atoms. The van der Waals surface area contributed by atoms with Crippen LogP contribution in [0.3, 0.4) is 0 Å². The number of hydrogen-bond donors (Lipinski definition) is 1. The SMILES string of the molecule is CN(C)S(=O)(=O)NC1CCN(C(=O)C23CC4CC(CC(C4)C2)C3)CC1. The Bertz CT molecular complexity index is 603. The van der Waals surface area contributed by atoms with Crippen molar-refractivity contribution in [2.75, 3.05) is 27.2 Å². The fourth-order valence-corrected chi connectivity index (χ4v) is 7.09. The molecule has 0 radical (unpaired) electrons. The maximum atomic E-state index is 13.3. The van der Waals surface area contributed by atoms with Crippen LogP contribution in [0.2, 0.25) is 0 Å². The second-order valence-electron chi connectivity index (χ2n) is 9.17. The van der Waals surface area contributed by atoms with Gasteiger partial charge in [-0.25, -0.2) is 0 Å². The average molecular weight is 370 g/mol. The molecule has 1 saturated heterocycles. The Kier molecular flexibility index (Phi) is 4.40. The number of carbonyl (C=O) groups is 1. The third-order valence-electron chi connectivity index (χ3n) is 7.07. The highest BCUT2D eigenvalue weighted by Crippen LogP contribution is 2.60. The molecule has 1 aliphatic heterocycles. The van der Waals surface area contributed by atoms with Crippen LogP contribution in [-0.4, -0.2) is 56.8 Å². The molecule has 7 heteroatoms. The van der Waals surface area contributed by atoms with Gasteiger partial charge in [-0.15, -0.1) is 0 Å². The van der Waals surface area contributed by atoms with Crippen LogP contribution in [0.25, 0.3) is 0 Å². The first-order valence-corrected chi connectivity index (χ1v) is 11.2. The van der Waals surface area contributed by atoms with Crippen LogP contribution < -0.4 is 4.72 Å². The molecule has 6 nitrogen and oxygen atoms in total. The first-order valence-electron chi connectivity index (χ1n) is 9.76. The van der Waals surface area contributed by atoms with Crippen LogP contribution in [-0.2, 0) is 15.0 Å². The van der Waals surface area contributed by atoms with E-state index in [2.05, 4.69) is 4.72 Å². The molecule has 0 unspecified atom stereocenters. The maximum absolute atomic E-state index is 13.3. The van der Waals surface area contributed by atoms with Crippen molar-refractivity contribution >= 4 is 16.1 Å². The van der Waals surface area contributed by atoms with Crippen molar-refractivity contribution in [1.82, 2.24) is 13.9 Å². The summed E-state index contributed by atoms with van der Waals surface area (Å²) in [5, 5.41) is 0.